The first-order chi connectivity index (χ1) is 13.7. The predicted octanol–water partition coefficient (Wildman–Crippen LogP) is 4.18. The Labute approximate surface area is 163 Å². The van der Waals surface area contributed by atoms with Crippen molar-refractivity contribution in [2.75, 3.05) is 5.73 Å². The number of anilines is 1. The normalized spacial score (nSPS) is 13.7. The highest BCUT2D eigenvalue weighted by molar-refractivity contribution is 5.62. The van der Waals surface area contributed by atoms with E-state index >= 15 is 4.39 Å². The molecule has 4 rings (SSSR count). The van der Waals surface area contributed by atoms with Gasteiger partial charge in [-0.25, -0.2) is 14.4 Å². The van der Waals surface area contributed by atoms with Crippen molar-refractivity contribution in [1.82, 2.24) is 15.0 Å². The number of hydrogen-bond donors (Lipinski definition) is 1. The number of hydrogen-bond acceptors (Lipinski definition) is 5. The molecular weight excluding hydrogens is 353 g/mol. The summed E-state index contributed by atoms with van der Waals surface area (Å²) < 4.78 is 15.5. The van der Waals surface area contributed by atoms with Crippen LogP contribution in [-0.4, -0.2) is 15.0 Å². The van der Waals surface area contributed by atoms with Gasteiger partial charge in [-0.3, -0.25) is 4.98 Å². The molecular formula is C22H20FN5. The maximum atomic E-state index is 15.5. The van der Waals surface area contributed by atoms with E-state index in [0.29, 0.717) is 47.1 Å². The van der Waals surface area contributed by atoms with E-state index < -0.39 is 0 Å². The van der Waals surface area contributed by atoms with Crippen molar-refractivity contribution in [2.45, 2.75) is 38.0 Å². The minimum atomic E-state index is -0.250. The number of aromatic nitrogens is 3. The number of nitriles is 1. The Kier molecular flexibility index (Phi) is 4.98. The van der Waals surface area contributed by atoms with Crippen LogP contribution in [0.4, 0.5) is 10.2 Å². The minimum Gasteiger partial charge on any atom is -0.382 e. The van der Waals surface area contributed by atoms with Crippen LogP contribution in [0.5, 0.6) is 0 Å². The third-order valence-corrected chi connectivity index (χ3v) is 5.32. The topological polar surface area (TPSA) is 88.5 Å². The van der Waals surface area contributed by atoms with Crippen LogP contribution in [0.1, 0.15) is 47.7 Å². The molecule has 1 aliphatic rings. The van der Waals surface area contributed by atoms with Gasteiger partial charge >= 0.3 is 0 Å². The second-order valence-electron chi connectivity index (χ2n) is 7.08. The summed E-state index contributed by atoms with van der Waals surface area (Å²) in [4.78, 5) is 12.6. The van der Waals surface area contributed by atoms with Gasteiger partial charge in [-0.15, -0.1) is 0 Å². The predicted molar refractivity (Wildman–Crippen MR) is 105 cm³/mol. The molecule has 6 heteroatoms. The van der Waals surface area contributed by atoms with Crippen LogP contribution in [0.3, 0.4) is 0 Å². The second-order valence-corrected chi connectivity index (χ2v) is 7.08. The molecule has 2 heterocycles. The van der Waals surface area contributed by atoms with Crippen molar-refractivity contribution in [3.63, 3.8) is 0 Å². The Hall–Kier alpha value is -3.33. The fourth-order valence-corrected chi connectivity index (χ4v) is 3.60. The lowest BCUT2D eigenvalue weighted by Crippen LogP contribution is -2.14. The van der Waals surface area contributed by atoms with Gasteiger partial charge in [0.1, 0.15) is 23.4 Å². The summed E-state index contributed by atoms with van der Waals surface area (Å²) in [5.74, 6) is 0.466. The van der Waals surface area contributed by atoms with Crippen LogP contribution in [-0.2, 0) is 12.8 Å². The summed E-state index contributed by atoms with van der Waals surface area (Å²) in [5, 5.41) is 9.04. The highest BCUT2D eigenvalue weighted by Crippen LogP contribution is 2.40. The van der Waals surface area contributed by atoms with Crippen molar-refractivity contribution < 1.29 is 4.39 Å². The number of rotatable bonds is 5. The van der Waals surface area contributed by atoms with Gasteiger partial charge in [-0.1, -0.05) is 18.6 Å². The molecule has 0 amide bonds. The second kappa shape index (κ2) is 7.73. The van der Waals surface area contributed by atoms with Crippen molar-refractivity contribution in [3.05, 3.63) is 71.1 Å². The first-order valence-electron chi connectivity index (χ1n) is 9.41. The van der Waals surface area contributed by atoms with Crippen LogP contribution in [0.25, 0.3) is 11.3 Å². The zero-order valence-electron chi connectivity index (χ0n) is 15.4. The number of nitrogen functional groups attached to an aromatic ring is 1. The molecule has 0 unspecified atom stereocenters. The first-order valence-corrected chi connectivity index (χ1v) is 9.41. The van der Waals surface area contributed by atoms with Gasteiger partial charge in [-0.2, -0.15) is 5.26 Å². The number of aryl methyl sites for hydroxylation is 1. The highest BCUT2D eigenvalue weighted by Gasteiger charge is 2.25. The molecule has 1 aliphatic carbocycles. The van der Waals surface area contributed by atoms with Crippen molar-refractivity contribution >= 4 is 5.82 Å². The summed E-state index contributed by atoms with van der Waals surface area (Å²) in [5.41, 5.74) is 9.46. The van der Waals surface area contributed by atoms with E-state index in [1.54, 1.807) is 12.1 Å². The third-order valence-electron chi connectivity index (χ3n) is 5.32. The zero-order valence-corrected chi connectivity index (χ0v) is 15.4. The molecule has 0 spiro atoms. The number of pyridine rings is 1. The molecule has 5 nitrogen and oxygen atoms in total. The molecule has 1 fully saturated rings. The molecule has 1 aromatic carbocycles. The van der Waals surface area contributed by atoms with E-state index in [-0.39, 0.29) is 5.82 Å². The van der Waals surface area contributed by atoms with Crippen LogP contribution in [0, 0.1) is 17.1 Å². The summed E-state index contributed by atoms with van der Waals surface area (Å²) >= 11 is 0. The Morgan fingerprint density at radius 1 is 1.11 bits per heavy atom. The van der Waals surface area contributed by atoms with Crippen molar-refractivity contribution in [2.24, 2.45) is 0 Å². The number of nitrogens with two attached hydrogens (primary N) is 1. The van der Waals surface area contributed by atoms with E-state index in [2.05, 4.69) is 15.0 Å². The van der Waals surface area contributed by atoms with Gasteiger partial charge in [0.2, 0.25) is 0 Å². The largest absolute Gasteiger partial charge is 0.382 e. The fraction of sp³-hybridized carbons (Fsp3) is 0.273. The molecule has 140 valence electrons. The van der Waals surface area contributed by atoms with E-state index in [0.717, 1.165) is 24.1 Å². The lowest BCUT2D eigenvalue weighted by Gasteiger charge is -2.28. The molecule has 0 bridgehead atoms. The smallest absolute Gasteiger partial charge is 0.141 e. The molecule has 3 aromatic rings. The zero-order chi connectivity index (χ0) is 19.5. The molecule has 0 atom stereocenters. The van der Waals surface area contributed by atoms with Gasteiger partial charge in [-0.05, 0) is 60.9 Å². The summed E-state index contributed by atoms with van der Waals surface area (Å²) in [6.07, 6.45) is 7.40. The SMILES string of the molecule is N#Cc1cccc(CCc2c(C3CCC3)ccc(-c3cnc(N)cn3)c2F)n1. The van der Waals surface area contributed by atoms with Gasteiger partial charge in [0.25, 0.3) is 0 Å². The average molecular weight is 373 g/mol. The lowest BCUT2D eigenvalue weighted by molar-refractivity contribution is 0.414. The van der Waals surface area contributed by atoms with Gasteiger partial charge in [0, 0.05) is 11.3 Å². The molecule has 0 saturated heterocycles. The summed E-state index contributed by atoms with van der Waals surface area (Å²) in [7, 11) is 0. The van der Waals surface area contributed by atoms with Crippen molar-refractivity contribution in [3.8, 4) is 17.3 Å². The van der Waals surface area contributed by atoms with Crippen LogP contribution in [0.2, 0.25) is 0 Å². The Balaban J connectivity index is 1.69. The van der Waals surface area contributed by atoms with E-state index in [4.69, 9.17) is 11.0 Å². The molecule has 0 radical (unpaired) electrons. The van der Waals surface area contributed by atoms with Crippen LogP contribution in [0.15, 0.2) is 42.7 Å². The Morgan fingerprint density at radius 2 is 1.96 bits per heavy atom. The summed E-state index contributed by atoms with van der Waals surface area (Å²) in [6.45, 7) is 0. The maximum absolute atomic E-state index is 15.5. The Morgan fingerprint density at radius 3 is 2.64 bits per heavy atom. The van der Waals surface area contributed by atoms with E-state index in [9.17, 15) is 0 Å². The van der Waals surface area contributed by atoms with Gasteiger partial charge in [0.05, 0.1) is 18.1 Å². The molecule has 1 saturated carbocycles. The standard InChI is InChI=1S/C22H20FN5/c23-22-18(8-7-15-5-2-6-16(11-24)28-15)17(14-3-1-4-14)9-10-19(22)20-12-27-21(25)13-26-20/h2,5-6,9-10,12-14H,1,3-4,7-8H2,(H2,25,27). The quantitative estimate of drug-likeness (QED) is 0.724. The molecule has 2 aromatic heterocycles. The number of nitrogens with zero attached hydrogens (tertiary/aromatic N) is 4. The molecule has 2 N–H and O–H groups in total. The third kappa shape index (κ3) is 3.56. The highest BCUT2D eigenvalue weighted by atomic mass is 19.1. The van der Waals surface area contributed by atoms with E-state index in [1.807, 2.05) is 24.3 Å². The fourth-order valence-electron chi connectivity index (χ4n) is 3.60. The monoisotopic (exact) mass is 373 g/mol. The Bertz CT molecular complexity index is 1040. The lowest BCUT2D eigenvalue weighted by atomic mass is 9.77. The van der Waals surface area contributed by atoms with Gasteiger partial charge in [0.15, 0.2) is 0 Å². The first kappa shape index (κ1) is 18.1. The minimum absolute atomic E-state index is 0.250. The van der Waals surface area contributed by atoms with Crippen molar-refractivity contribution in [1.29, 1.82) is 5.26 Å². The summed E-state index contributed by atoms with van der Waals surface area (Å²) in [6, 6.07) is 11.2. The number of benzene rings is 1. The van der Waals surface area contributed by atoms with Crippen LogP contribution >= 0.6 is 0 Å². The maximum Gasteiger partial charge on any atom is 0.141 e. The average Bonchev–Trinajstić information content (AvgIpc) is 2.67. The molecule has 0 aliphatic heterocycles. The van der Waals surface area contributed by atoms with E-state index in [1.165, 1.54) is 18.8 Å². The van der Waals surface area contributed by atoms with Crippen LogP contribution < -0.4 is 5.73 Å². The van der Waals surface area contributed by atoms with Gasteiger partial charge < -0.3 is 5.73 Å². The molecule has 28 heavy (non-hydrogen) atoms. The number of halogens is 1.